The maximum atomic E-state index is 12.6. The molecule has 1 fully saturated rings. The molecule has 2 aromatic rings. The highest BCUT2D eigenvalue weighted by atomic mass is 35.5. The molecule has 1 unspecified atom stereocenters. The highest BCUT2D eigenvalue weighted by Crippen LogP contribution is 2.30. The first kappa shape index (κ1) is 19.9. The van der Waals surface area contributed by atoms with Gasteiger partial charge >= 0.3 is 6.18 Å². The summed E-state index contributed by atoms with van der Waals surface area (Å²) in [7, 11) is -3.76. The SMILES string of the molecule is Cc1c(Cl)cccc1S(=O)(=O)NC1CCN(c2ccc(C(F)(F)F)cn2)C1. The summed E-state index contributed by atoms with van der Waals surface area (Å²) in [4.78, 5) is 5.71. The number of anilines is 1. The van der Waals surface area contributed by atoms with Crippen molar-refractivity contribution in [3.63, 3.8) is 0 Å². The molecular weight excluding hydrogens is 403 g/mol. The molecule has 0 bridgehead atoms. The van der Waals surface area contributed by atoms with E-state index in [1.54, 1.807) is 24.0 Å². The van der Waals surface area contributed by atoms with E-state index < -0.39 is 21.8 Å². The van der Waals surface area contributed by atoms with Crippen LogP contribution >= 0.6 is 11.6 Å². The van der Waals surface area contributed by atoms with Crippen LogP contribution in [0.5, 0.6) is 0 Å². The molecule has 10 heteroatoms. The third-order valence-electron chi connectivity index (χ3n) is 4.42. The average molecular weight is 420 g/mol. The van der Waals surface area contributed by atoms with E-state index in [0.717, 1.165) is 12.3 Å². The number of aromatic nitrogens is 1. The molecule has 1 saturated heterocycles. The first-order chi connectivity index (χ1) is 12.6. The molecule has 27 heavy (non-hydrogen) atoms. The standard InChI is InChI=1S/C17H17ClF3N3O2S/c1-11-14(18)3-2-4-15(11)27(25,26)23-13-7-8-24(10-13)16-6-5-12(9-22-16)17(19,20)21/h2-6,9,13,23H,7-8,10H2,1H3. The number of rotatable bonds is 4. The molecule has 0 radical (unpaired) electrons. The Kier molecular flexibility index (Phi) is 5.38. The lowest BCUT2D eigenvalue weighted by Crippen LogP contribution is -2.37. The third kappa shape index (κ3) is 4.36. The van der Waals surface area contributed by atoms with Crippen LogP contribution in [-0.4, -0.2) is 32.5 Å². The van der Waals surface area contributed by atoms with Crippen LogP contribution in [0.1, 0.15) is 17.5 Å². The Hall–Kier alpha value is -1.84. The zero-order chi connectivity index (χ0) is 19.8. The Morgan fingerprint density at radius 1 is 1.26 bits per heavy atom. The van der Waals surface area contributed by atoms with E-state index in [2.05, 4.69) is 9.71 Å². The molecule has 0 aliphatic carbocycles. The first-order valence-electron chi connectivity index (χ1n) is 8.13. The number of alkyl halides is 3. The molecule has 3 rings (SSSR count). The van der Waals surface area contributed by atoms with Gasteiger partial charge in [-0.1, -0.05) is 17.7 Å². The summed E-state index contributed by atoms with van der Waals surface area (Å²) >= 11 is 6.00. The second-order valence-electron chi connectivity index (χ2n) is 6.32. The number of nitrogens with one attached hydrogen (secondary N) is 1. The lowest BCUT2D eigenvalue weighted by atomic mass is 10.2. The molecular formula is C17H17ClF3N3O2S. The van der Waals surface area contributed by atoms with Crippen molar-refractivity contribution in [3.05, 3.63) is 52.7 Å². The van der Waals surface area contributed by atoms with Gasteiger partial charge in [0.15, 0.2) is 0 Å². The molecule has 1 atom stereocenters. The normalized spacial score (nSPS) is 18.1. The summed E-state index contributed by atoms with van der Waals surface area (Å²) in [5.41, 5.74) is -0.356. The fourth-order valence-electron chi connectivity index (χ4n) is 2.97. The van der Waals surface area contributed by atoms with Crippen LogP contribution in [0.25, 0.3) is 0 Å². The summed E-state index contributed by atoms with van der Waals surface area (Å²) in [6, 6.07) is 6.54. The van der Waals surface area contributed by atoms with Crippen LogP contribution in [0.4, 0.5) is 19.0 Å². The minimum absolute atomic E-state index is 0.112. The van der Waals surface area contributed by atoms with Crippen molar-refractivity contribution in [3.8, 4) is 0 Å². The van der Waals surface area contributed by atoms with Crippen molar-refractivity contribution in [2.45, 2.75) is 30.5 Å². The van der Waals surface area contributed by atoms with Gasteiger partial charge < -0.3 is 4.90 Å². The molecule has 0 amide bonds. The highest BCUT2D eigenvalue weighted by molar-refractivity contribution is 7.89. The average Bonchev–Trinajstić information content (AvgIpc) is 3.04. The Balaban J connectivity index is 1.70. The summed E-state index contributed by atoms with van der Waals surface area (Å²) in [6.45, 7) is 2.43. The van der Waals surface area contributed by atoms with E-state index in [4.69, 9.17) is 11.6 Å². The van der Waals surface area contributed by atoms with Gasteiger partial charge in [-0.2, -0.15) is 13.2 Å². The van der Waals surface area contributed by atoms with E-state index >= 15 is 0 Å². The number of nitrogens with zero attached hydrogens (tertiary/aromatic N) is 2. The van der Waals surface area contributed by atoms with Crippen molar-refractivity contribution >= 4 is 27.4 Å². The molecule has 146 valence electrons. The van der Waals surface area contributed by atoms with Gasteiger partial charge in [-0.25, -0.2) is 18.1 Å². The maximum absolute atomic E-state index is 12.6. The summed E-state index contributed by atoms with van der Waals surface area (Å²) in [5, 5.41) is 0.361. The lowest BCUT2D eigenvalue weighted by Gasteiger charge is -2.19. The monoisotopic (exact) mass is 419 g/mol. The Morgan fingerprint density at radius 3 is 2.63 bits per heavy atom. The van der Waals surface area contributed by atoms with Crippen LogP contribution in [-0.2, 0) is 16.2 Å². The van der Waals surface area contributed by atoms with E-state index in [1.165, 1.54) is 12.1 Å². The van der Waals surface area contributed by atoms with Crippen molar-refractivity contribution < 1.29 is 21.6 Å². The van der Waals surface area contributed by atoms with Crippen molar-refractivity contribution in [1.82, 2.24) is 9.71 Å². The molecule has 0 spiro atoms. The second-order valence-corrected chi connectivity index (χ2v) is 8.41. The maximum Gasteiger partial charge on any atom is 0.417 e. The zero-order valence-electron chi connectivity index (χ0n) is 14.3. The third-order valence-corrected chi connectivity index (χ3v) is 6.49. The first-order valence-corrected chi connectivity index (χ1v) is 10.00. The topological polar surface area (TPSA) is 62.3 Å². The van der Waals surface area contributed by atoms with Crippen LogP contribution < -0.4 is 9.62 Å². The number of benzene rings is 1. The van der Waals surface area contributed by atoms with Gasteiger partial charge in [0.1, 0.15) is 5.82 Å². The largest absolute Gasteiger partial charge is 0.417 e. The second kappa shape index (κ2) is 7.29. The molecule has 1 aromatic carbocycles. The van der Waals surface area contributed by atoms with Crippen LogP contribution in [0.2, 0.25) is 5.02 Å². The smallest absolute Gasteiger partial charge is 0.355 e. The minimum Gasteiger partial charge on any atom is -0.355 e. The number of hydrogen-bond donors (Lipinski definition) is 1. The fourth-order valence-corrected chi connectivity index (χ4v) is 4.73. The molecule has 1 aliphatic heterocycles. The number of pyridine rings is 1. The van der Waals surface area contributed by atoms with E-state index in [9.17, 15) is 21.6 Å². The van der Waals surface area contributed by atoms with Crippen molar-refractivity contribution in [2.24, 2.45) is 0 Å². The van der Waals surface area contributed by atoms with Crippen molar-refractivity contribution in [1.29, 1.82) is 0 Å². The van der Waals surface area contributed by atoms with E-state index in [1.807, 2.05) is 0 Å². The molecule has 1 N–H and O–H groups in total. The Bertz CT molecular complexity index is 933. The summed E-state index contributed by atoms with van der Waals surface area (Å²) in [6.07, 6.45) is -3.15. The van der Waals surface area contributed by atoms with Gasteiger partial charge in [-0.3, -0.25) is 0 Å². The number of sulfonamides is 1. The number of halogens is 4. The van der Waals surface area contributed by atoms with Crippen LogP contribution in [0.3, 0.4) is 0 Å². The molecule has 2 heterocycles. The predicted molar refractivity (Wildman–Crippen MR) is 96.4 cm³/mol. The summed E-state index contributed by atoms with van der Waals surface area (Å²) in [5.74, 6) is 0.378. The molecule has 0 saturated carbocycles. The fraction of sp³-hybridized carbons (Fsp3) is 0.353. The van der Waals surface area contributed by atoms with Crippen LogP contribution in [0.15, 0.2) is 41.4 Å². The minimum atomic E-state index is -4.44. The van der Waals surface area contributed by atoms with Crippen LogP contribution in [0, 0.1) is 6.92 Å². The Labute approximate surface area is 160 Å². The van der Waals surface area contributed by atoms with Crippen molar-refractivity contribution in [2.75, 3.05) is 18.0 Å². The highest BCUT2D eigenvalue weighted by Gasteiger charge is 2.32. The van der Waals surface area contributed by atoms with Gasteiger partial charge in [0, 0.05) is 30.4 Å². The van der Waals surface area contributed by atoms with E-state index in [0.29, 0.717) is 35.9 Å². The van der Waals surface area contributed by atoms with E-state index in [-0.39, 0.29) is 10.9 Å². The van der Waals surface area contributed by atoms with Gasteiger partial charge in [-0.15, -0.1) is 0 Å². The molecule has 1 aromatic heterocycles. The lowest BCUT2D eigenvalue weighted by molar-refractivity contribution is -0.137. The van der Waals surface area contributed by atoms with Gasteiger partial charge in [0.25, 0.3) is 0 Å². The van der Waals surface area contributed by atoms with Gasteiger partial charge in [-0.05, 0) is 43.2 Å². The summed E-state index contributed by atoms with van der Waals surface area (Å²) < 4.78 is 65.8. The predicted octanol–water partition coefficient (Wildman–Crippen LogP) is 3.62. The quantitative estimate of drug-likeness (QED) is 0.822. The number of hydrogen-bond acceptors (Lipinski definition) is 4. The van der Waals surface area contributed by atoms with Gasteiger partial charge in [0.2, 0.25) is 10.0 Å². The van der Waals surface area contributed by atoms with Gasteiger partial charge in [0.05, 0.1) is 10.5 Å². The zero-order valence-corrected chi connectivity index (χ0v) is 15.9. The molecule has 5 nitrogen and oxygen atoms in total. The molecule has 1 aliphatic rings. The Morgan fingerprint density at radius 2 is 2.00 bits per heavy atom.